The Morgan fingerprint density at radius 1 is 1.28 bits per heavy atom. The Balaban J connectivity index is 1.33. The van der Waals surface area contributed by atoms with E-state index in [9.17, 15) is 9.59 Å². The summed E-state index contributed by atoms with van der Waals surface area (Å²) in [6.45, 7) is 6.13. The van der Waals surface area contributed by atoms with Gasteiger partial charge < -0.3 is 20.7 Å². The normalized spacial score (nSPS) is 23.6. The Hall–Kier alpha value is -3.31. The lowest BCUT2D eigenvalue weighted by atomic mass is 9.65. The topological polar surface area (TPSA) is 102 Å². The number of ether oxygens (including phenoxy) is 1. The third kappa shape index (κ3) is 4.60. The molecule has 1 aromatic carbocycles. The number of hydrogen-bond donors (Lipinski definition) is 2. The number of nitrogens with two attached hydrogens (primary N) is 1. The molecule has 3 fully saturated rings. The number of hydrogen-bond acceptors (Lipinski definition) is 5. The molecule has 1 spiro atoms. The molecule has 3 N–H and O–H groups in total. The lowest BCUT2D eigenvalue weighted by molar-refractivity contribution is -0.125. The minimum atomic E-state index is -0.249. The van der Waals surface area contributed by atoms with Crippen LogP contribution in [0.25, 0.3) is 11.3 Å². The molecule has 1 saturated heterocycles. The van der Waals surface area contributed by atoms with Gasteiger partial charge in [0.05, 0.1) is 12.1 Å². The van der Waals surface area contributed by atoms with Crippen LogP contribution in [0.15, 0.2) is 24.3 Å². The molecule has 5 rings (SSSR count). The number of nitrogens with one attached hydrogen (secondary N) is 1. The second kappa shape index (κ2) is 9.62. The van der Waals surface area contributed by atoms with Crippen LogP contribution >= 0.6 is 0 Å². The molecule has 1 aliphatic heterocycles. The summed E-state index contributed by atoms with van der Waals surface area (Å²) in [7, 11) is 1.60. The Labute approximate surface area is 212 Å². The highest BCUT2D eigenvalue weighted by atomic mass is 16.5. The van der Waals surface area contributed by atoms with Gasteiger partial charge in [0.2, 0.25) is 0 Å². The predicted molar refractivity (Wildman–Crippen MR) is 138 cm³/mol. The first-order chi connectivity index (χ1) is 17.3. The number of nitrogens with zero attached hydrogens (tertiary/aromatic N) is 3. The van der Waals surface area contributed by atoms with Crippen LogP contribution in [0.4, 0.5) is 5.82 Å². The quantitative estimate of drug-likeness (QED) is 0.604. The fourth-order valence-electron chi connectivity index (χ4n) is 5.56. The second-order valence-corrected chi connectivity index (χ2v) is 10.4. The van der Waals surface area contributed by atoms with Crippen molar-refractivity contribution >= 4 is 17.6 Å². The van der Waals surface area contributed by atoms with Crippen LogP contribution in [0, 0.1) is 23.2 Å². The molecule has 1 aromatic heterocycles. The van der Waals surface area contributed by atoms with E-state index in [1.165, 1.54) is 0 Å². The van der Waals surface area contributed by atoms with E-state index < -0.39 is 0 Å². The molecule has 2 saturated carbocycles. The lowest BCUT2D eigenvalue weighted by Gasteiger charge is -2.45. The van der Waals surface area contributed by atoms with Crippen molar-refractivity contribution in [1.82, 2.24) is 20.0 Å². The Morgan fingerprint density at radius 3 is 2.64 bits per heavy atom. The average molecular weight is 490 g/mol. The van der Waals surface area contributed by atoms with Gasteiger partial charge in [0.25, 0.3) is 11.8 Å². The van der Waals surface area contributed by atoms with Gasteiger partial charge in [-0.3, -0.25) is 9.59 Å². The van der Waals surface area contributed by atoms with E-state index in [-0.39, 0.29) is 29.4 Å². The molecule has 8 heteroatoms. The first-order valence-electron chi connectivity index (χ1n) is 13.0. The van der Waals surface area contributed by atoms with E-state index in [4.69, 9.17) is 15.6 Å². The fourth-order valence-corrected chi connectivity index (χ4v) is 5.56. The van der Waals surface area contributed by atoms with Gasteiger partial charge in [0.15, 0.2) is 0 Å². The van der Waals surface area contributed by atoms with Crippen LogP contribution in [0.3, 0.4) is 0 Å². The zero-order chi connectivity index (χ0) is 25.4. The number of benzene rings is 1. The average Bonchev–Trinajstić information content (AvgIpc) is 3.48. The molecule has 1 unspecified atom stereocenters. The molecule has 190 valence electrons. The van der Waals surface area contributed by atoms with Crippen LogP contribution in [-0.4, -0.2) is 53.2 Å². The van der Waals surface area contributed by atoms with Crippen molar-refractivity contribution in [2.75, 3.05) is 32.5 Å². The monoisotopic (exact) mass is 489 g/mol. The van der Waals surface area contributed by atoms with Crippen molar-refractivity contribution in [3.63, 3.8) is 0 Å². The number of amides is 2. The molecule has 0 bridgehead atoms. The standard InChI is InChI=1S/C28H35N5O3/c1-4-36-18(2)20-8-10-21(11-9-20)25-24(27(35)30-3)26(29)33(31-25)22-15-28(16-22)13-14-32(17-28)23(34)12-7-19-5-6-19/h8-11,18-19,22H,4-6,13-17,29H2,1-3H3,(H,30,35). The molecule has 0 radical (unpaired) electrons. The summed E-state index contributed by atoms with van der Waals surface area (Å²) >= 11 is 0. The molecule has 2 aliphatic carbocycles. The smallest absolute Gasteiger partial charge is 0.298 e. The molecule has 8 nitrogen and oxygen atoms in total. The van der Waals surface area contributed by atoms with Gasteiger partial charge in [-0.05, 0) is 62.9 Å². The third-order valence-electron chi connectivity index (χ3n) is 7.84. The molecular weight excluding hydrogens is 454 g/mol. The number of anilines is 1. The molecular formula is C28H35N5O3. The van der Waals surface area contributed by atoms with E-state index >= 15 is 0 Å². The van der Waals surface area contributed by atoms with Crippen LogP contribution in [-0.2, 0) is 9.53 Å². The van der Waals surface area contributed by atoms with Crippen LogP contribution in [0.2, 0.25) is 0 Å². The highest BCUT2D eigenvalue weighted by molar-refractivity contribution is 6.04. The highest BCUT2D eigenvalue weighted by Gasteiger charge is 2.51. The van der Waals surface area contributed by atoms with Crippen LogP contribution in [0.5, 0.6) is 0 Å². The maximum Gasteiger partial charge on any atom is 0.298 e. The van der Waals surface area contributed by atoms with Gasteiger partial charge in [0.1, 0.15) is 17.1 Å². The van der Waals surface area contributed by atoms with Gasteiger partial charge in [-0.2, -0.15) is 5.10 Å². The Kier molecular flexibility index (Phi) is 6.52. The summed E-state index contributed by atoms with van der Waals surface area (Å²) in [4.78, 5) is 27.2. The Bertz CT molecular complexity index is 1210. The van der Waals surface area contributed by atoms with Gasteiger partial charge >= 0.3 is 0 Å². The maximum atomic E-state index is 12.8. The van der Waals surface area contributed by atoms with Gasteiger partial charge in [-0.1, -0.05) is 30.2 Å². The second-order valence-electron chi connectivity index (χ2n) is 10.4. The van der Waals surface area contributed by atoms with E-state index in [0.717, 1.165) is 56.3 Å². The van der Waals surface area contributed by atoms with Gasteiger partial charge in [0, 0.05) is 38.2 Å². The van der Waals surface area contributed by atoms with Crippen molar-refractivity contribution in [3.05, 3.63) is 35.4 Å². The van der Waals surface area contributed by atoms with Gasteiger partial charge in [-0.25, -0.2) is 4.68 Å². The maximum absolute atomic E-state index is 12.8. The number of carbonyl (C=O) groups is 2. The minimum absolute atomic E-state index is 0.00574. The number of aromatic nitrogens is 2. The van der Waals surface area contributed by atoms with Crippen molar-refractivity contribution < 1.29 is 14.3 Å². The van der Waals surface area contributed by atoms with E-state index in [1.54, 1.807) is 7.05 Å². The summed E-state index contributed by atoms with van der Waals surface area (Å²) in [6.07, 6.45) is 4.97. The number of nitrogen functional groups attached to an aromatic ring is 1. The number of rotatable bonds is 6. The highest BCUT2D eigenvalue weighted by Crippen LogP contribution is 2.54. The lowest BCUT2D eigenvalue weighted by Crippen LogP contribution is -2.42. The van der Waals surface area contributed by atoms with Crippen molar-refractivity contribution in [2.24, 2.45) is 11.3 Å². The summed E-state index contributed by atoms with van der Waals surface area (Å²) < 4.78 is 7.51. The molecule has 36 heavy (non-hydrogen) atoms. The molecule has 2 heterocycles. The van der Waals surface area contributed by atoms with Crippen molar-refractivity contribution in [3.8, 4) is 23.1 Å². The van der Waals surface area contributed by atoms with Crippen molar-refractivity contribution in [1.29, 1.82) is 0 Å². The van der Waals surface area contributed by atoms with Crippen molar-refractivity contribution in [2.45, 2.75) is 58.1 Å². The van der Waals surface area contributed by atoms with E-state index in [0.29, 0.717) is 29.6 Å². The molecule has 3 aliphatic rings. The van der Waals surface area contributed by atoms with E-state index in [1.807, 2.05) is 47.7 Å². The fraction of sp³-hybridized carbons (Fsp3) is 0.536. The summed E-state index contributed by atoms with van der Waals surface area (Å²) in [6, 6.07) is 8.05. The van der Waals surface area contributed by atoms with Crippen LogP contribution in [0.1, 0.15) is 74.0 Å². The largest absolute Gasteiger partial charge is 0.383 e. The summed E-state index contributed by atoms with van der Waals surface area (Å²) in [5.74, 6) is 6.43. The van der Waals surface area contributed by atoms with Gasteiger partial charge in [-0.15, -0.1) is 0 Å². The first kappa shape index (κ1) is 24.4. The number of likely N-dealkylation sites (tertiary alicyclic amines) is 1. The predicted octanol–water partition coefficient (Wildman–Crippen LogP) is 3.56. The molecule has 2 amide bonds. The minimum Gasteiger partial charge on any atom is -0.383 e. The summed E-state index contributed by atoms with van der Waals surface area (Å²) in [5.41, 5.74) is 9.50. The third-order valence-corrected chi connectivity index (χ3v) is 7.84. The molecule has 1 atom stereocenters. The number of carbonyl (C=O) groups excluding carboxylic acids is 2. The Morgan fingerprint density at radius 2 is 2.00 bits per heavy atom. The zero-order valence-electron chi connectivity index (χ0n) is 21.3. The summed E-state index contributed by atoms with van der Waals surface area (Å²) in [5, 5.41) is 7.55. The molecule has 2 aromatic rings. The van der Waals surface area contributed by atoms with E-state index in [2.05, 4.69) is 17.2 Å². The zero-order valence-corrected chi connectivity index (χ0v) is 21.3. The SMILES string of the molecule is CCOC(C)c1ccc(-c2nn(C3CC4(CCN(C(=O)C#CC5CC5)C4)C3)c(N)c2C(=O)NC)cc1. The first-order valence-corrected chi connectivity index (χ1v) is 13.0. The van der Waals surface area contributed by atoms with Crippen LogP contribution < -0.4 is 11.1 Å².